The molecule has 1 atom stereocenters. The van der Waals surface area contributed by atoms with E-state index in [0.29, 0.717) is 17.6 Å². The van der Waals surface area contributed by atoms with Gasteiger partial charge in [-0.3, -0.25) is 0 Å². The van der Waals surface area contributed by atoms with Crippen LogP contribution < -0.4 is 10.1 Å². The second kappa shape index (κ2) is 9.00. The van der Waals surface area contributed by atoms with Crippen LogP contribution in [0.1, 0.15) is 44.2 Å². The van der Waals surface area contributed by atoms with Crippen molar-refractivity contribution in [2.45, 2.75) is 43.2 Å². The van der Waals surface area contributed by atoms with Crippen molar-refractivity contribution in [2.24, 2.45) is 0 Å². The van der Waals surface area contributed by atoms with Gasteiger partial charge in [-0.05, 0) is 32.4 Å². The third kappa shape index (κ3) is 4.73. The van der Waals surface area contributed by atoms with Crippen molar-refractivity contribution < 1.29 is 9.26 Å². The van der Waals surface area contributed by atoms with Crippen LogP contribution >= 0.6 is 23.1 Å². The normalized spacial score (nSPS) is 12.1. The summed E-state index contributed by atoms with van der Waals surface area (Å²) in [6.07, 6.45) is 1.82. The molecule has 2 heterocycles. The van der Waals surface area contributed by atoms with Crippen molar-refractivity contribution in [2.75, 3.05) is 11.9 Å². The highest BCUT2D eigenvalue weighted by Gasteiger charge is 2.18. The number of nitrogens with one attached hydrogen (secondary N) is 1. The van der Waals surface area contributed by atoms with Gasteiger partial charge in [-0.15, -0.1) is 10.2 Å². The van der Waals surface area contributed by atoms with Gasteiger partial charge in [0.25, 0.3) is 0 Å². The Balaban J connectivity index is 1.64. The molecule has 138 valence electrons. The van der Waals surface area contributed by atoms with Crippen molar-refractivity contribution in [3.05, 3.63) is 36.0 Å². The number of hydrogen-bond acceptors (Lipinski definition) is 9. The van der Waals surface area contributed by atoms with Crippen LogP contribution in [0.2, 0.25) is 0 Å². The molecule has 1 aromatic carbocycles. The summed E-state index contributed by atoms with van der Waals surface area (Å²) >= 11 is 3.03. The number of hydrogen-bond donors (Lipinski definition) is 1. The second-order valence-corrected chi connectivity index (χ2v) is 8.05. The minimum atomic E-state index is 0.0182. The molecule has 3 aromatic rings. The van der Waals surface area contributed by atoms with Gasteiger partial charge in [0, 0.05) is 6.42 Å². The topological polar surface area (TPSA) is 86.0 Å². The molecule has 0 fully saturated rings. The Kier molecular flexibility index (Phi) is 6.45. The summed E-state index contributed by atoms with van der Waals surface area (Å²) in [5.41, 5.74) is 0.871. The zero-order chi connectivity index (χ0) is 18.4. The lowest BCUT2D eigenvalue weighted by Gasteiger charge is -2.09. The standard InChI is InChI=1S/C17H21N5O2S2/c1-4-8-14-19-15(24-22-14)11(3)25-17-21-20-16(26-17)18-12-9-6-7-10-13(12)23-5-2/h6-7,9-11H,4-5,8H2,1-3H3,(H,18,20). The van der Waals surface area contributed by atoms with E-state index in [1.54, 1.807) is 11.8 Å². The van der Waals surface area contributed by atoms with Crippen molar-refractivity contribution in [1.82, 2.24) is 20.3 Å². The number of nitrogens with zero attached hydrogens (tertiary/aromatic N) is 4. The number of anilines is 2. The summed E-state index contributed by atoms with van der Waals surface area (Å²) in [4.78, 5) is 4.43. The third-order valence-electron chi connectivity index (χ3n) is 3.42. The molecule has 0 bridgehead atoms. The molecule has 0 aliphatic heterocycles. The van der Waals surface area contributed by atoms with Crippen LogP contribution in [-0.2, 0) is 6.42 Å². The number of rotatable bonds is 9. The third-order valence-corrected chi connectivity index (χ3v) is 5.43. The molecule has 2 aromatic heterocycles. The maximum absolute atomic E-state index is 5.62. The van der Waals surface area contributed by atoms with Gasteiger partial charge < -0.3 is 14.6 Å². The van der Waals surface area contributed by atoms with Gasteiger partial charge in [-0.1, -0.05) is 47.3 Å². The Bertz CT molecular complexity index is 836. The van der Waals surface area contributed by atoms with E-state index in [4.69, 9.17) is 9.26 Å². The molecular formula is C17H21N5O2S2. The van der Waals surface area contributed by atoms with Crippen LogP contribution in [0.3, 0.4) is 0 Å². The average Bonchev–Trinajstić information content (AvgIpc) is 3.27. The Hall–Kier alpha value is -2.13. The summed E-state index contributed by atoms with van der Waals surface area (Å²) in [6, 6.07) is 7.77. The van der Waals surface area contributed by atoms with Gasteiger partial charge >= 0.3 is 0 Å². The fourth-order valence-corrected chi connectivity index (χ4v) is 4.17. The van der Waals surface area contributed by atoms with E-state index in [1.807, 2.05) is 38.1 Å². The maximum atomic E-state index is 5.62. The Labute approximate surface area is 160 Å². The van der Waals surface area contributed by atoms with Crippen LogP contribution in [0.4, 0.5) is 10.8 Å². The summed E-state index contributed by atoms with van der Waals surface area (Å²) in [6.45, 7) is 6.68. The van der Waals surface area contributed by atoms with Gasteiger partial charge in [0.1, 0.15) is 5.75 Å². The number of thioether (sulfide) groups is 1. The number of para-hydroxylation sites is 2. The summed E-state index contributed by atoms with van der Waals surface area (Å²) in [5.74, 6) is 2.16. The molecule has 0 radical (unpaired) electrons. The second-order valence-electron chi connectivity index (χ2n) is 5.49. The SMILES string of the molecule is CCCc1noc(C(C)Sc2nnc(Nc3ccccc3OCC)s2)n1. The van der Waals surface area contributed by atoms with Crippen LogP contribution in [0.25, 0.3) is 0 Å². The molecule has 0 aliphatic carbocycles. The van der Waals surface area contributed by atoms with Crippen LogP contribution in [0.5, 0.6) is 5.75 Å². The molecule has 26 heavy (non-hydrogen) atoms. The van der Waals surface area contributed by atoms with Gasteiger partial charge in [0.2, 0.25) is 11.0 Å². The highest BCUT2D eigenvalue weighted by molar-refractivity contribution is 8.01. The molecule has 3 rings (SSSR count). The molecule has 0 spiro atoms. The first kappa shape index (κ1) is 18.7. The molecule has 7 nitrogen and oxygen atoms in total. The fourth-order valence-electron chi connectivity index (χ4n) is 2.23. The van der Waals surface area contributed by atoms with Crippen LogP contribution in [-0.4, -0.2) is 26.9 Å². The highest BCUT2D eigenvalue weighted by Crippen LogP contribution is 2.38. The molecule has 0 amide bonds. The Morgan fingerprint density at radius 2 is 2.12 bits per heavy atom. The van der Waals surface area contributed by atoms with Crippen molar-refractivity contribution in [3.63, 3.8) is 0 Å². The van der Waals surface area contributed by atoms with Crippen molar-refractivity contribution in [1.29, 1.82) is 0 Å². The molecule has 9 heteroatoms. The lowest BCUT2D eigenvalue weighted by molar-refractivity contribution is 0.342. The molecule has 1 unspecified atom stereocenters. The quantitative estimate of drug-likeness (QED) is 0.517. The van der Waals surface area contributed by atoms with E-state index in [2.05, 4.69) is 32.6 Å². The van der Waals surface area contributed by atoms with Crippen LogP contribution in [0.15, 0.2) is 33.1 Å². The van der Waals surface area contributed by atoms with Crippen molar-refractivity contribution >= 4 is 33.9 Å². The smallest absolute Gasteiger partial charge is 0.239 e. The highest BCUT2D eigenvalue weighted by atomic mass is 32.2. The van der Waals surface area contributed by atoms with Gasteiger partial charge in [0.05, 0.1) is 17.5 Å². The number of aromatic nitrogens is 4. The van der Waals surface area contributed by atoms with E-state index in [0.717, 1.165) is 34.4 Å². The fraction of sp³-hybridized carbons (Fsp3) is 0.412. The zero-order valence-electron chi connectivity index (χ0n) is 14.9. The van der Waals surface area contributed by atoms with Gasteiger partial charge in [-0.25, -0.2) is 0 Å². The lowest BCUT2D eigenvalue weighted by Crippen LogP contribution is -1.97. The van der Waals surface area contributed by atoms with E-state index in [9.17, 15) is 0 Å². The van der Waals surface area contributed by atoms with E-state index in [1.165, 1.54) is 11.3 Å². The molecule has 0 aliphatic rings. The minimum Gasteiger partial charge on any atom is -0.492 e. The summed E-state index contributed by atoms with van der Waals surface area (Å²) < 4.78 is 11.8. The number of ether oxygens (including phenoxy) is 1. The predicted molar refractivity (Wildman–Crippen MR) is 103 cm³/mol. The predicted octanol–water partition coefficient (Wildman–Crippen LogP) is 4.87. The number of benzene rings is 1. The first-order valence-electron chi connectivity index (χ1n) is 8.51. The van der Waals surface area contributed by atoms with E-state index in [-0.39, 0.29) is 5.25 Å². The molecule has 0 saturated heterocycles. The zero-order valence-corrected chi connectivity index (χ0v) is 16.6. The maximum Gasteiger partial charge on any atom is 0.239 e. The number of aryl methyl sites for hydroxylation is 1. The summed E-state index contributed by atoms with van der Waals surface area (Å²) in [5, 5.41) is 16.4. The lowest BCUT2D eigenvalue weighted by atomic mass is 10.3. The Morgan fingerprint density at radius 3 is 2.92 bits per heavy atom. The monoisotopic (exact) mass is 391 g/mol. The van der Waals surface area contributed by atoms with Gasteiger partial charge in [0.15, 0.2) is 10.2 Å². The first-order chi connectivity index (χ1) is 12.7. The average molecular weight is 392 g/mol. The van der Waals surface area contributed by atoms with E-state index < -0.39 is 0 Å². The summed E-state index contributed by atoms with van der Waals surface area (Å²) in [7, 11) is 0. The van der Waals surface area contributed by atoms with E-state index >= 15 is 0 Å². The van der Waals surface area contributed by atoms with Crippen LogP contribution in [0, 0.1) is 0 Å². The van der Waals surface area contributed by atoms with Gasteiger partial charge in [-0.2, -0.15) is 4.98 Å². The minimum absolute atomic E-state index is 0.0182. The molecule has 0 saturated carbocycles. The molecular weight excluding hydrogens is 370 g/mol. The van der Waals surface area contributed by atoms with Crippen molar-refractivity contribution in [3.8, 4) is 5.75 Å². The molecule has 1 N–H and O–H groups in total. The largest absolute Gasteiger partial charge is 0.492 e. The Morgan fingerprint density at radius 1 is 1.27 bits per heavy atom. The first-order valence-corrected chi connectivity index (χ1v) is 10.2.